The van der Waals surface area contributed by atoms with Gasteiger partial charge in [0, 0.05) is 10.7 Å². The van der Waals surface area contributed by atoms with Crippen LogP contribution in [-0.2, 0) is 14.3 Å². The van der Waals surface area contributed by atoms with Gasteiger partial charge in [-0.1, -0.05) is 35.4 Å². The van der Waals surface area contributed by atoms with Crippen LogP contribution in [0.5, 0.6) is 0 Å². The number of carboxylic acid groups (broad SMARTS) is 1. The Hall–Kier alpha value is -2.11. The van der Waals surface area contributed by atoms with Gasteiger partial charge in [0.2, 0.25) is 5.91 Å². The van der Waals surface area contributed by atoms with Crippen LogP contribution in [0.25, 0.3) is 0 Å². The number of benzene rings is 1. The molecule has 2 bridgehead atoms. The monoisotopic (exact) mass is 359 g/mol. The van der Waals surface area contributed by atoms with Crippen LogP contribution < -0.4 is 4.90 Å². The van der Waals surface area contributed by atoms with Crippen LogP contribution in [0.3, 0.4) is 0 Å². The minimum absolute atomic E-state index is 0.229. The van der Waals surface area contributed by atoms with Gasteiger partial charge in [-0.3, -0.25) is 9.59 Å². The lowest BCUT2D eigenvalue weighted by atomic mass is 9.74. The molecule has 5 nitrogen and oxygen atoms in total. The molecule has 5 atom stereocenters. The van der Waals surface area contributed by atoms with E-state index in [1.165, 1.54) is 0 Å². The molecule has 4 rings (SSSR count). The molecule has 1 spiro atoms. The molecule has 0 aromatic heterocycles. The van der Waals surface area contributed by atoms with Gasteiger partial charge < -0.3 is 14.7 Å². The number of rotatable bonds is 4. The number of halogens is 1. The van der Waals surface area contributed by atoms with Crippen LogP contribution in [-0.4, -0.2) is 34.7 Å². The zero-order valence-electron chi connectivity index (χ0n) is 13.7. The summed E-state index contributed by atoms with van der Waals surface area (Å²) in [5.74, 6) is -2.83. The minimum Gasteiger partial charge on any atom is -0.481 e. The molecule has 130 valence electrons. The second kappa shape index (κ2) is 5.44. The summed E-state index contributed by atoms with van der Waals surface area (Å²) in [6.07, 6.45) is 3.62. The normalized spacial score (nSPS) is 35.3. The molecule has 0 unspecified atom stereocenters. The molecule has 1 aromatic carbocycles. The highest BCUT2D eigenvalue weighted by Gasteiger charge is 2.71. The predicted molar refractivity (Wildman–Crippen MR) is 93.5 cm³/mol. The number of fused-ring (bicyclic) bond motifs is 1. The zero-order chi connectivity index (χ0) is 17.9. The number of ether oxygens (including phenoxy) is 1. The summed E-state index contributed by atoms with van der Waals surface area (Å²) in [5.41, 5.74) is 0.628. The number of nitrogens with zero attached hydrogens (tertiary/aromatic N) is 1. The number of amides is 1. The Morgan fingerprint density at radius 1 is 1.48 bits per heavy atom. The van der Waals surface area contributed by atoms with Crippen LogP contribution >= 0.6 is 11.6 Å². The summed E-state index contributed by atoms with van der Waals surface area (Å²) in [6.45, 7) is 5.87. The third kappa shape index (κ3) is 2.19. The molecule has 1 amide bonds. The Balaban J connectivity index is 1.85. The fourth-order valence-corrected chi connectivity index (χ4v) is 4.63. The van der Waals surface area contributed by atoms with E-state index < -0.39 is 29.5 Å². The quantitative estimate of drug-likeness (QED) is 0.839. The highest BCUT2D eigenvalue weighted by Crippen LogP contribution is 2.56. The number of hydrogen-bond donors (Lipinski definition) is 1. The molecule has 1 N–H and O–H groups in total. The van der Waals surface area contributed by atoms with Crippen LogP contribution in [0.4, 0.5) is 5.69 Å². The van der Waals surface area contributed by atoms with Crippen LogP contribution in [0.15, 0.2) is 48.6 Å². The van der Waals surface area contributed by atoms with Gasteiger partial charge in [-0.2, -0.15) is 0 Å². The number of aliphatic carboxylic acids is 1. The van der Waals surface area contributed by atoms with Gasteiger partial charge in [-0.25, -0.2) is 0 Å². The Bertz CT molecular complexity index is 819. The molecule has 3 aliphatic rings. The maximum absolute atomic E-state index is 13.3. The van der Waals surface area contributed by atoms with Crippen LogP contribution in [0.2, 0.25) is 5.02 Å². The molecule has 6 heteroatoms. The fourth-order valence-electron chi connectivity index (χ4n) is 4.45. The van der Waals surface area contributed by atoms with E-state index >= 15 is 0 Å². The molecule has 3 aliphatic heterocycles. The predicted octanol–water partition coefficient (Wildman–Crippen LogP) is 3.05. The average molecular weight is 360 g/mol. The highest BCUT2D eigenvalue weighted by atomic mass is 35.5. The third-order valence-corrected chi connectivity index (χ3v) is 5.57. The van der Waals surface area contributed by atoms with Crippen molar-refractivity contribution in [2.75, 3.05) is 4.90 Å². The second-order valence-corrected chi connectivity index (χ2v) is 7.44. The fraction of sp³-hybridized carbons (Fsp3) is 0.368. The first-order valence-corrected chi connectivity index (χ1v) is 8.56. The van der Waals surface area contributed by atoms with E-state index in [2.05, 4.69) is 6.58 Å². The maximum atomic E-state index is 13.3. The van der Waals surface area contributed by atoms with Gasteiger partial charge in [0.25, 0.3) is 0 Å². The minimum atomic E-state index is -1.00. The summed E-state index contributed by atoms with van der Waals surface area (Å²) in [6, 6.07) is 6.69. The van der Waals surface area contributed by atoms with Gasteiger partial charge in [0.05, 0.1) is 18.1 Å². The summed E-state index contributed by atoms with van der Waals surface area (Å²) < 4.78 is 6.10. The van der Waals surface area contributed by atoms with Crippen molar-refractivity contribution < 1.29 is 19.4 Å². The molecule has 1 aromatic rings. The smallest absolute Gasteiger partial charge is 0.310 e. The number of carbonyl (C=O) groups excluding carboxylic acids is 1. The van der Waals surface area contributed by atoms with Crippen molar-refractivity contribution in [3.05, 3.63) is 53.6 Å². The molecule has 0 saturated carbocycles. The Morgan fingerprint density at radius 2 is 2.24 bits per heavy atom. The lowest BCUT2D eigenvalue weighted by molar-refractivity contribution is -0.146. The first-order chi connectivity index (χ1) is 11.8. The first kappa shape index (κ1) is 16.4. The average Bonchev–Trinajstić information content (AvgIpc) is 3.16. The summed E-state index contributed by atoms with van der Waals surface area (Å²) in [4.78, 5) is 26.7. The maximum Gasteiger partial charge on any atom is 0.310 e. The topological polar surface area (TPSA) is 66.8 Å². The largest absolute Gasteiger partial charge is 0.481 e. The highest BCUT2D eigenvalue weighted by molar-refractivity contribution is 6.31. The lowest BCUT2D eigenvalue weighted by Gasteiger charge is -2.33. The summed E-state index contributed by atoms with van der Waals surface area (Å²) in [7, 11) is 0. The summed E-state index contributed by atoms with van der Waals surface area (Å²) in [5, 5.41) is 10.2. The van der Waals surface area contributed by atoms with Crippen molar-refractivity contribution in [2.24, 2.45) is 11.8 Å². The first-order valence-electron chi connectivity index (χ1n) is 8.18. The molecule has 2 saturated heterocycles. The van der Waals surface area contributed by atoms with E-state index in [4.69, 9.17) is 16.3 Å². The van der Waals surface area contributed by atoms with Crippen molar-refractivity contribution >= 4 is 29.2 Å². The number of anilines is 1. The molecular weight excluding hydrogens is 342 g/mol. The number of carbonyl (C=O) groups is 2. The summed E-state index contributed by atoms with van der Waals surface area (Å²) >= 11 is 6.11. The molecule has 2 fully saturated rings. The van der Waals surface area contributed by atoms with Crippen molar-refractivity contribution in [3.8, 4) is 0 Å². The number of carboxylic acids is 1. The SMILES string of the molecule is C=C(C)C[C@@H]1N(c2cccc(Cl)c2)C(=O)[C@H]2[C@H](C(=O)O)[C@H]3C=C[C@@]12O3. The molecule has 0 aliphatic carbocycles. The van der Waals surface area contributed by atoms with Gasteiger partial charge in [0.1, 0.15) is 11.5 Å². The van der Waals surface area contributed by atoms with E-state index in [1.54, 1.807) is 35.2 Å². The van der Waals surface area contributed by atoms with Crippen molar-refractivity contribution in [1.29, 1.82) is 0 Å². The van der Waals surface area contributed by atoms with Gasteiger partial charge in [-0.15, -0.1) is 6.58 Å². The molecule has 3 heterocycles. The van der Waals surface area contributed by atoms with E-state index in [0.717, 1.165) is 5.57 Å². The zero-order valence-corrected chi connectivity index (χ0v) is 14.4. The molecule has 25 heavy (non-hydrogen) atoms. The second-order valence-electron chi connectivity index (χ2n) is 7.00. The van der Waals surface area contributed by atoms with Gasteiger partial charge in [-0.05, 0) is 31.5 Å². The Labute approximate surface area is 150 Å². The van der Waals surface area contributed by atoms with E-state index in [9.17, 15) is 14.7 Å². The third-order valence-electron chi connectivity index (χ3n) is 5.34. The van der Waals surface area contributed by atoms with Crippen molar-refractivity contribution in [2.45, 2.75) is 31.1 Å². The van der Waals surface area contributed by atoms with E-state index in [-0.39, 0.29) is 11.9 Å². The van der Waals surface area contributed by atoms with E-state index in [1.807, 2.05) is 13.0 Å². The van der Waals surface area contributed by atoms with E-state index in [0.29, 0.717) is 17.1 Å². The molecule has 0 radical (unpaired) electrons. The Kier molecular flexibility index (Phi) is 3.56. The lowest BCUT2D eigenvalue weighted by Crippen LogP contribution is -2.45. The standard InChI is InChI=1S/C19H18ClNO4/c1-10(2)8-14-19-7-6-13(25-19)15(18(23)24)16(19)17(22)21(14)12-5-3-4-11(20)9-12/h3-7,9,13-16H,1,8H2,2H3,(H,23,24)/t13-,14+,15-,16-,19-/m1/s1. The van der Waals surface area contributed by atoms with Gasteiger partial charge >= 0.3 is 5.97 Å². The molecular formula is C19H18ClNO4. The van der Waals surface area contributed by atoms with Crippen LogP contribution in [0, 0.1) is 11.8 Å². The van der Waals surface area contributed by atoms with Crippen molar-refractivity contribution in [3.63, 3.8) is 0 Å². The van der Waals surface area contributed by atoms with Gasteiger partial charge in [0.15, 0.2) is 0 Å². The number of hydrogen-bond acceptors (Lipinski definition) is 3. The Morgan fingerprint density at radius 3 is 2.88 bits per heavy atom. The van der Waals surface area contributed by atoms with Crippen molar-refractivity contribution in [1.82, 2.24) is 0 Å². The van der Waals surface area contributed by atoms with Crippen LogP contribution in [0.1, 0.15) is 13.3 Å².